The summed E-state index contributed by atoms with van der Waals surface area (Å²) in [5.74, 6) is -0.0522. The van der Waals surface area contributed by atoms with Crippen LogP contribution in [0, 0.1) is 0 Å². The maximum absolute atomic E-state index is 12.6. The number of amides is 2. The number of rotatable bonds is 6. The van der Waals surface area contributed by atoms with Crippen LogP contribution in [0.5, 0.6) is 0 Å². The largest absolute Gasteiger partial charge is 0.350 e. The molecule has 8 nitrogen and oxygen atoms in total. The Labute approximate surface area is 189 Å². The Morgan fingerprint density at radius 1 is 1.07 bits per heavy atom. The summed E-state index contributed by atoms with van der Waals surface area (Å²) in [7, 11) is 5.63. The van der Waals surface area contributed by atoms with Gasteiger partial charge >= 0.3 is 0 Å². The summed E-state index contributed by atoms with van der Waals surface area (Å²) in [6.45, 7) is 3.72. The number of nitrogens with zero attached hydrogens (tertiary/aromatic N) is 4. The average Bonchev–Trinajstić information content (AvgIpc) is 3.13. The van der Waals surface area contributed by atoms with Crippen molar-refractivity contribution in [3.63, 3.8) is 0 Å². The summed E-state index contributed by atoms with van der Waals surface area (Å²) in [4.78, 5) is 29.2. The van der Waals surface area contributed by atoms with Gasteiger partial charge in [0.2, 0.25) is 5.91 Å². The first-order valence-electron chi connectivity index (χ1n) is 9.48. The van der Waals surface area contributed by atoms with Gasteiger partial charge in [-0.3, -0.25) is 14.3 Å². The zero-order chi connectivity index (χ0) is 20.1. The topological polar surface area (TPSA) is 82.5 Å². The highest BCUT2D eigenvalue weighted by Gasteiger charge is 2.21. The van der Waals surface area contributed by atoms with E-state index in [4.69, 9.17) is 0 Å². The lowest BCUT2D eigenvalue weighted by Gasteiger charge is -2.32. The number of hydrogen-bond donors (Lipinski definition) is 2. The fraction of sp³-hybridized carbons (Fsp3) is 0.450. The molecule has 1 unspecified atom stereocenters. The molecule has 0 spiro atoms. The monoisotopic (exact) mass is 456 g/mol. The lowest BCUT2D eigenvalue weighted by Crippen LogP contribution is -2.47. The molecule has 2 amide bonds. The Morgan fingerprint density at radius 3 is 2.23 bits per heavy atom. The number of hydrogen-bond acceptors (Lipinski definition) is 5. The van der Waals surface area contributed by atoms with Gasteiger partial charge in [-0.25, -0.2) is 0 Å². The van der Waals surface area contributed by atoms with Gasteiger partial charge < -0.3 is 20.4 Å². The molecule has 166 valence electrons. The Hall–Kier alpha value is -2.13. The van der Waals surface area contributed by atoms with Crippen molar-refractivity contribution in [1.29, 1.82) is 0 Å². The molecule has 1 aliphatic rings. The molecule has 1 atom stereocenters. The molecule has 30 heavy (non-hydrogen) atoms. The molecule has 0 aliphatic carbocycles. The molecule has 1 aromatic carbocycles. The highest BCUT2D eigenvalue weighted by molar-refractivity contribution is 5.94. The number of nitrogens with one attached hydrogen (secondary N) is 2. The average molecular weight is 457 g/mol. The standard InChI is InChI=1S/C20H28N6O2.2ClH/c1-21-18(17-13-23-25(3)14-17)19(27)22-12-15-4-6-16(7-5-15)20(28)26-10-8-24(2)9-11-26;;/h4-7,13-14,18,21H,8-12H2,1-3H3,(H,22,27);2*1H. The molecule has 0 radical (unpaired) electrons. The Balaban J connectivity index is 0.00000225. The summed E-state index contributed by atoms with van der Waals surface area (Å²) in [6, 6.07) is 6.99. The van der Waals surface area contributed by atoms with Crippen LogP contribution in [0.15, 0.2) is 36.7 Å². The zero-order valence-corrected chi connectivity index (χ0v) is 19.1. The molecule has 2 N–H and O–H groups in total. The van der Waals surface area contributed by atoms with Gasteiger partial charge in [0.1, 0.15) is 6.04 Å². The van der Waals surface area contributed by atoms with Crippen LogP contribution in [0.1, 0.15) is 27.5 Å². The molecule has 3 rings (SSSR count). The predicted octanol–water partition coefficient (Wildman–Crippen LogP) is 1.23. The zero-order valence-electron chi connectivity index (χ0n) is 17.5. The number of aryl methyl sites for hydroxylation is 1. The van der Waals surface area contributed by atoms with E-state index in [9.17, 15) is 9.59 Å². The third-order valence-electron chi connectivity index (χ3n) is 5.07. The molecule has 10 heteroatoms. The van der Waals surface area contributed by atoms with Crippen LogP contribution in [0.4, 0.5) is 0 Å². The van der Waals surface area contributed by atoms with E-state index in [1.165, 1.54) is 0 Å². The first kappa shape index (κ1) is 25.9. The van der Waals surface area contributed by atoms with E-state index in [0.29, 0.717) is 12.1 Å². The number of carbonyl (C=O) groups excluding carboxylic acids is 2. The van der Waals surface area contributed by atoms with Gasteiger partial charge in [-0.2, -0.15) is 5.10 Å². The molecule has 2 aromatic rings. The molecule has 1 aromatic heterocycles. The van der Waals surface area contributed by atoms with E-state index in [1.54, 1.807) is 17.9 Å². The Bertz CT molecular complexity index is 819. The normalized spacial score (nSPS) is 15.0. The molecule has 0 saturated carbocycles. The van der Waals surface area contributed by atoms with Crippen LogP contribution >= 0.6 is 24.8 Å². The van der Waals surface area contributed by atoms with E-state index >= 15 is 0 Å². The second-order valence-electron chi connectivity index (χ2n) is 7.18. The number of halogens is 2. The molecular formula is C20H30Cl2N6O2. The van der Waals surface area contributed by atoms with Crippen molar-refractivity contribution in [3.05, 3.63) is 53.3 Å². The van der Waals surface area contributed by atoms with Crippen LogP contribution in [0.2, 0.25) is 0 Å². The third-order valence-corrected chi connectivity index (χ3v) is 5.07. The second kappa shape index (κ2) is 11.9. The molecular weight excluding hydrogens is 427 g/mol. The number of piperazine rings is 1. The van der Waals surface area contributed by atoms with Crippen LogP contribution in [-0.2, 0) is 18.4 Å². The van der Waals surface area contributed by atoms with Gasteiger partial charge in [0.15, 0.2) is 0 Å². The fourth-order valence-corrected chi connectivity index (χ4v) is 3.29. The Morgan fingerprint density at radius 2 is 1.70 bits per heavy atom. The molecule has 0 bridgehead atoms. The number of aromatic nitrogens is 2. The number of benzene rings is 1. The smallest absolute Gasteiger partial charge is 0.253 e. The van der Waals surface area contributed by atoms with Gasteiger partial charge in [0, 0.05) is 57.1 Å². The number of carbonyl (C=O) groups is 2. The van der Waals surface area contributed by atoms with Crippen molar-refractivity contribution >= 4 is 36.6 Å². The SMILES string of the molecule is CNC(C(=O)NCc1ccc(C(=O)N2CCN(C)CC2)cc1)c1cnn(C)c1.Cl.Cl. The van der Waals surface area contributed by atoms with Gasteiger partial charge in [-0.05, 0) is 31.8 Å². The minimum atomic E-state index is -0.452. The molecule has 1 fully saturated rings. The van der Waals surface area contributed by atoms with Crippen LogP contribution in [0.25, 0.3) is 0 Å². The summed E-state index contributed by atoms with van der Waals surface area (Å²) in [5.41, 5.74) is 2.45. The van der Waals surface area contributed by atoms with Crippen molar-refractivity contribution in [3.8, 4) is 0 Å². The van der Waals surface area contributed by atoms with Crippen LogP contribution in [0.3, 0.4) is 0 Å². The molecule has 2 heterocycles. The van der Waals surface area contributed by atoms with Crippen molar-refractivity contribution in [1.82, 2.24) is 30.2 Å². The lowest BCUT2D eigenvalue weighted by molar-refractivity contribution is -0.123. The summed E-state index contributed by atoms with van der Waals surface area (Å²) >= 11 is 0. The number of likely N-dealkylation sites (N-methyl/N-ethyl adjacent to an activating group) is 2. The highest BCUT2D eigenvalue weighted by atomic mass is 35.5. The van der Waals surface area contributed by atoms with Gasteiger partial charge in [0.25, 0.3) is 5.91 Å². The lowest BCUT2D eigenvalue weighted by atomic mass is 10.1. The van der Waals surface area contributed by atoms with Crippen molar-refractivity contribution in [2.24, 2.45) is 7.05 Å². The maximum Gasteiger partial charge on any atom is 0.253 e. The summed E-state index contributed by atoms with van der Waals surface area (Å²) < 4.78 is 1.67. The second-order valence-corrected chi connectivity index (χ2v) is 7.18. The summed E-state index contributed by atoms with van der Waals surface area (Å²) in [5, 5.41) is 10.1. The van der Waals surface area contributed by atoms with Crippen molar-refractivity contribution < 1.29 is 9.59 Å². The van der Waals surface area contributed by atoms with E-state index in [1.807, 2.05) is 42.4 Å². The third kappa shape index (κ3) is 6.43. The minimum absolute atomic E-state index is 0. The first-order chi connectivity index (χ1) is 13.5. The highest BCUT2D eigenvalue weighted by Crippen LogP contribution is 2.13. The van der Waals surface area contributed by atoms with Gasteiger partial charge in [-0.1, -0.05) is 12.1 Å². The predicted molar refractivity (Wildman–Crippen MR) is 121 cm³/mol. The summed E-state index contributed by atoms with van der Waals surface area (Å²) in [6.07, 6.45) is 3.50. The fourth-order valence-electron chi connectivity index (χ4n) is 3.29. The van der Waals surface area contributed by atoms with Gasteiger partial charge in [-0.15, -0.1) is 24.8 Å². The van der Waals surface area contributed by atoms with E-state index < -0.39 is 6.04 Å². The Kier molecular flexibility index (Phi) is 10.3. The quantitative estimate of drug-likeness (QED) is 0.682. The van der Waals surface area contributed by atoms with Crippen LogP contribution < -0.4 is 10.6 Å². The van der Waals surface area contributed by atoms with E-state index in [0.717, 1.165) is 37.3 Å². The van der Waals surface area contributed by atoms with Crippen LogP contribution in [-0.4, -0.2) is 71.7 Å². The first-order valence-corrected chi connectivity index (χ1v) is 9.48. The van der Waals surface area contributed by atoms with Crippen molar-refractivity contribution in [2.45, 2.75) is 12.6 Å². The minimum Gasteiger partial charge on any atom is -0.350 e. The van der Waals surface area contributed by atoms with E-state index in [-0.39, 0.29) is 36.6 Å². The van der Waals surface area contributed by atoms with E-state index in [2.05, 4.69) is 27.7 Å². The molecule has 1 saturated heterocycles. The molecule has 1 aliphatic heterocycles. The van der Waals surface area contributed by atoms with Crippen molar-refractivity contribution in [2.75, 3.05) is 40.3 Å². The maximum atomic E-state index is 12.6. The van der Waals surface area contributed by atoms with Gasteiger partial charge in [0.05, 0.1) is 6.20 Å².